The van der Waals surface area contributed by atoms with Crippen LogP contribution < -0.4 is 26.7 Å². The van der Waals surface area contributed by atoms with Crippen LogP contribution in [0.15, 0.2) is 53.4 Å². The van der Waals surface area contributed by atoms with Crippen LogP contribution in [0.3, 0.4) is 0 Å². The summed E-state index contributed by atoms with van der Waals surface area (Å²) in [5.74, 6) is -0.123. The first-order valence-corrected chi connectivity index (χ1v) is 19.2. The Morgan fingerprint density at radius 2 is 1.73 bits per heavy atom. The summed E-state index contributed by atoms with van der Waals surface area (Å²) in [6.45, 7) is 11.5. The van der Waals surface area contributed by atoms with Gasteiger partial charge in [-0.25, -0.2) is 28.3 Å². The minimum Gasteiger partial charge on any atom is -0.491 e. The molecule has 7 N–H and O–H groups in total. The fourth-order valence-electron chi connectivity index (χ4n) is 6.31. The summed E-state index contributed by atoms with van der Waals surface area (Å²) in [4.78, 5) is 48.4. The first-order valence-electron chi connectivity index (χ1n) is 17.7. The Morgan fingerprint density at radius 3 is 2.38 bits per heavy atom. The number of hydrogen-bond acceptors (Lipinski definition) is 11. The number of allylic oxidation sites excluding steroid dienone is 2. The van der Waals surface area contributed by atoms with Crippen molar-refractivity contribution in [2.24, 2.45) is 16.8 Å². The van der Waals surface area contributed by atoms with Gasteiger partial charge < -0.3 is 35.0 Å². The molecule has 1 saturated heterocycles. The first-order chi connectivity index (χ1) is 25.9. The monoisotopic (exact) mass is 775 g/mol. The molecule has 0 radical (unpaired) electrons. The lowest BCUT2D eigenvalue weighted by molar-refractivity contribution is -0.00382. The Morgan fingerprint density at radius 1 is 1.02 bits per heavy atom. The van der Waals surface area contributed by atoms with Crippen LogP contribution in [0.1, 0.15) is 60.7 Å². The summed E-state index contributed by atoms with van der Waals surface area (Å²) in [7, 11) is -4.01. The van der Waals surface area contributed by atoms with Crippen LogP contribution in [-0.4, -0.2) is 85.4 Å². The van der Waals surface area contributed by atoms with Gasteiger partial charge >= 0.3 is 6.09 Å². The van der Waals surface area contributed by atoms with Crippen LogP contribution in [0.4, 0.5) is 16.7 Å². The van der Waals surface area contributed by atoms with Gasteiger partial charge in [-0.05, 0) is 83.4 Å². The standard InChI is InChI=1S/C36H45N11O7S/c1-6-47-28(15-21(2)43-47)32(49)42-34-41-25-18-24(55(39,51)52)9-10-27(25)45(34)12-7-8-13-46-30-26(40-33(46)38)16-23(31(37)48)17-29(30)53-14-11-22-19-44(20-22)35(50)54-36(3,4)5/h7-10,15-18,22H,6,11-14,19-20H2,1-5H3,(H2,37,48)(H2,38,40)(H2,39,51,52)(H,41,42,49)/b8-7+. The minimum absolute atomic E-state index is 0.117. The summed E-state index contributed by atoms with van der Waals surface area (Å²) in [6.07, 6.45) is 3.99. The van der Waals surface area contributed by atoms with Crippen molar-refractivity contribution in [3.05, 3.63) is 65.5 Å². The van der Waals surface area contributed by atoms with Gasteiger partial charge in [0.15, 0.2) is 0 Å². The Labute approximate surface area is 317 Å². The van der Waals surface area contributed by atoms with E-state index in [0.717, 1.165) is 0 Å². The number of carbonyl (C=O) groups is 3. The number of nitrogens with two attached hydrogens (primary N) is 3. The molecule has 0 unspecified atom stereocenters. The van der Waals surface area contributed by atoms with Crippen molar-refractivity contribution in [2.45, 2.75) is 71.2 Å². The predicted molar refractivity (Wildman–Crippen MR) is 205 cm³/mol. The molecule has 3 aromatic heterocycles. The molecule has 0 spiro atoms. The number of sulfonamides is 1. The Hall–Kier alpha value is -5.95. The number of primary amides is 1. The number of ether oxygens (including phenoxy) is 2. The van der Waals surface area contributed by atoms with E-state index in [1.807, 2.05) is 39.8 Å². The van der Waals surface area contributed by atoms with Gasteiger partial charge in [0.2, 0.25) is 27.8 Å². The number of hydrogen-bond donors (Lipinski definition) is 4. The highest BCUT2D eigenvalue weighted by Gasteiger charge is 2.33. The van der Waals surface area contributed by atoms with Crippen LogP contribution in [0.2, 0.25) is 0 Å². The molecular formula is C36H45N11O7S. The van der Waals surface area contributed by atoms with E-state index in [2.05, 4.69) is 20.4 Å². The number of fused-ring (bicyclic) bond motifs is 2. The molecule has 0 bridgehead atoms. The van der Waals surface area contributed by atoms with E-state index in [0.29, 0.717) is 71.9 Å². The van der Waals surface area contributed by atoms with Crippen molar-refractivity contribution in [2.75, 3.05) is 30.7 Å². The second-order valence-electron chi connectivity index (χ2n) is 14.3. The van der Waals surface area contributed by atoms with Crippen LogP contribution in [0, 0.1) is 12.8 Å². The number of imidazole rings is 2. The van der Waals surface area contributed by atoms with Crippen LogP contribution in [0.5, 0.6) is 5.75 Å². The highest BCUT2D eigenvalue weighted by Crippen LogP contribution is 2.31. The smallest absolute Gasteiger partial charge is 0.410 e. The highest BCUT2D eigenvalue weighted by molar-refractivity contribution is 7.89. The zero-order valence-corrected chi connectivity index (χ0v) is 32.1. The number of aromatic nitrogens is 6. The molecule has 18 nitrogen and oxygen atoms in total. The van der Waals surface area contributed by atoms with E-state index in [1.54, 1.807) is 49.9 Å². The number of primary sulfonamides is 1. The molecule has 3 amide bonds. The molecule has 1 aliphatic rings. The molecule has 0 saturated carbocycles. The molecule has 1 fully saturated rings. The maximum Gasteiger partial charge on any atom is 0.410 e. The quantitative estimate of drug-likeness (QED) is 0.126. The molecule has 292 valence electrons. The summed E-state index contributed by atoms with van der Waals surface area (Å²) in [5.41, 5.74) is 14.5. The number of nitrogens with one attached hydrogen (secondary N) is 1. The third-order valence-corrected chi connectivity index (χ3v) is 9.87. The lowest BCUT2D eigenvalue weighted by Crippen LogP contribution is -2.51. The van der Waals surface area contributed by atoms with E-state index >= 15 is 0 Å². The molecule has 1 aliphatic heterocycles. The van der Waals surface area contributed by atoms with E-state index in [9.17, 15) is 22.8 Å². The molecule has 4 heterocycles. The van der Waals surface area contributed by atoms with Gasteiger partial charge in [0, 0.05) is 38.3 Å². The average molecular weight is 776 g/mol. The largest absolute Gasteiger partial charge is 0.491 e. The molecular weight excluding hydrogens is 731 g/mol. The fraction of sp³-hybridized carbons (Fsp3) is 0.389. The minimum atomic E-state index is -4.01. The summed E-state index contributed by atoms with van der Waals surface area (Å²) in [5, 5.41) is 12.6. The zero-order chi connectivity index (χ0) is 39.8. The summed E-state index contributed by atoms with van der Waals surface area (Å²) < 4.78 is 40.9. The topological polar surface area (TPSA) is 251 Å². The second kappa shape index (κ2) is 15.1. The molecule has 19 heteroatoms. The molecule has 2 aromatic carbocycles. The normalized spacial score (nSPS) is 13.8. The molecule has 6 rings (SSSR count). The summed E-state index contributed by atoms with van der Waals surface area (Å²) >= 11 is 0. The van der Waals surface area contributed by atoms with Crippen LogP contribution in [0.25, 0.3) is 22.1 Å². The van der Waals surface area contributed by atoms with Crippen molar-refractivity contribution in [3.8, 4) is 5.75 Å². The number of anilines is 2. The molecule has 55 heavy (non-hydrogen) atoms. The van der Waals surface area contributed by atoms with Crippen molar-refractivity contribution in [1.82, 2.24) is 33.8 Å². The van der Waals surface area contributed by atoms with E-state index in [4.69, 9.17) is 26.1 Å². The average Bonchev–Trinajstić information content (AvgIpc) is 3.73. The van der Waals surface area contributed by atoms with Gasteiger partial charge in [0.25, 0.3) is 5.91 Å². The van der Waals surface area contributed by atoms with E-state index < -0.39 is 27.4 Å². The maximum absolute atomic E-state index is 13.4. The summed E-state index contributed by atoms with van der Waals surface area (Å²) in [6, 6.07) is 9.09. The van der Waals surface area contributed by atoms with Gasteiger partial charge in [-0.1, -0.05) is 12.2 Å². The fourth-order valence-corrected chi connectivity index (χ4v) is 6.84. The third kappa shape index (κ3) is 8.57. The lowest BCUT2D eigenvalue weighted by Gasteiger charge is -2.39. The van der Waals surface area contributed by atoms with Crippen molar-refractivity contribution >= 4 is 61.9 Å². The predicted octanol–water partition coefficient (Wildman–Crippen LogP) is 3.38. The zero-order valence-electron chi connectivity index (χ0n) is 31.3. The highest BCUT2D eigenvalue weighted by atomic mass is 32.2. The van der Waals surface area contributed by atoms with Gasteiger partial charge in [-0.15, -0.1) is 0 Å². The number of nitrogen functional groups attached to an aromatic ring is 1. The molecule has 0 atom stereocenters. The first kappa shape index (κ1) is 38.8. The van der Waals surface area contributed by atoms with Gasteiger partial charge in [0.1, 0.15) is 22.6 Å². The Balaban J connectivity index is 1.21. The molecule has 0 aliphatic carbocycles. The number of carbonyl (C=O) groups excluding carboxylic acids is 3. The van der Waals surface area contributed by atoms with E-state index in [1.165, 1.54) is 12.1 Å². The third-order valence-electron chi connectivity index (χ3n) is 8.96. The number of rotatable bonds is 13. The lowest BCUT2D eigenvalue weighted by atomic mass is 9.97. The maximum atomic E-state index is 13.4. The number of benzene rings is 2. The van der Waals surface area contributed by atoms with Gasteiger partial charge in [-0.2, -0.15) is 5.10 Å². The Kier molecular flexibility index (Phi) is 10.6. The van der Waals surface area contributed by atoms with Crippen molar-refractivity contribution in [1.29, 1.82) is 0 Å². The SMILES string of the molecule is CCn1nc(C)cc1C(=O)Nc1nc2cc(S(N)(=O)=O)ccc2n1C/C=C/Cn1c(N)nc2cc(C(N)=O)cc(OCCC3CN(C(=O)OC(C)(C)C)C3)c21. The van der Waals surface area contributed by atoms with Gasteiger partial charge in [0.05, 0.1) is 33.7 Å². The number of aryl methyl sites for hydroxylation is 2. The molecule has 5 aromatic rings. The van der Waals surface area contributed by atoms with E-state index in [-0.39, 0.29) is 47.5 Å². The number of nitrogens with zero attached hydrogens (tertiary/aromatic N) is 7. The van der Waals surface area contributed by atoms with Crippen LogP contribution in [-0.2, 0) is 34.4 Å². The number of amides is 3. The van der Waals surface area contributed by atoms with Crippen molar-refractivity contribution in [3.63, 3.8) is 0 Å². The van der Waals surface area contributed by atoms with Crippen LogP contribution >= 0.6 is 0 Å². The van der Waals surface area contributed by atoms with Gasteiger partial charge in [-0.3, -0.25) is 19.6 Å². The Bertz CT molecular complexity index is 2430. The van der Waals surface area contributed by atoms with Crippen molar-refractivity contribution < 1.29 is 32.3 Å². The number of likely N-dealkylation sites (tertiary alicyclic amines) is 1. The second-order valence-corrected chi connectivity index (χ2v) is 15.9.